The first-order chi connectivity index (χ1) is 8.83. The van der Waals surface area contributed by atoms with E-state index in [1.54, 1.807) is 0 Å². The van der Waals surface area contributed by atoms with Crippen molar-refractivity contribution in [3.63, 3.8) is 0 Å². The number of hydrogen-bond acceptors (Lipinski definition) is 2. The summed E-state index contributed by atoms with van der Waals surface area (Å²) in [7, 11) is 0. The minimum absolute atomic E-state index is 0.298. The zero-order chi connectivity index (χ0) is 12.4. The van der Waals surface area contributed by atoms with Gasteiger partial charge in [-0.15, -0.1) is 0 Å². The average molecular weight is 238 g/mol. The molecule has 2 nitrogen and oxygen atoms in total. The molecule has 0 radical (unpaired) electrons. The van der Waals surface area contributed by atoms with Gasteiger partial charge in [0.05, 0.1) is 0 Å². The van der Waals surface area contributed by atoms with Crippen LogP contribution in [0.2, 0.25) is 0 Å². The summed E-state index contributed by atoms with van der Waals surface area (Å²) in [5.41, 5.74) is 2.29. The molecule has 3 rings (SSSR count). The Labute approximate surface area is 106 Å². The van der Waals surface area contributed by atoms with Crippen LogP contribution in [-0.2, 0) is 17.6 Å². The van der Waals surface area contributed by atoms with Crippen molar-refractivity contribution >= 4 is 5.78 Å². The number of aryl methyl sites for hydroxylation is 1. The van der Waals surface area contributed by atoms with Crippen LogP contribution in [0.15, 0.2) is 48.5 Å². The van der Waals surface area contributed by atoms with Gasteiger partial charge in [-0.3, -0.25) is 4.79 Å². The number of carbonyl (C=O) groups excluding carboxylic acids is 1. The predicted octanol–water partition coefficient (Wildman–Crippen LogP) is 3.54. The number of carbonyl (C=O) groups is 1. The molecule has 0 spiro atoms. The Morgan fingerprint density at radius 2 is 1.72 bits per heavy atom. The first kappa shape index (κ1) is 11.0. The fraction of sp³-hybridized carbons (Fsp3) is 0.188. The van der Waals surface area contributed by atoms with Crippen molar-refractivity contribution in [3.8, 4) is 11.5 Å². The quantitative estimate of drug-likeness (QED) is 0.800. The fourth-order valence-corrected chi connectivity index (χ4v) is 2.32. The van der Waals surface area contributed by atoms with Gasteiger partial charge in [0.1, 0.15) is 17.3 Å². The molecule has 0 unspecified atom stereocenters. The lowest BCUT2D eigenvalue weighted by Crippen LogP contribution is -2.13. The molecule has 0 aliphatic heterocycles. The number of hydrogen-bond donors (Lipinski definition) is 0. The lowest BCUT2D eigenvalue weighted by atomic mass is 9.90. The summed E-state index contributed by atoms with van der Waals surface area (Å²) in [5, 5.41) is 0. The highest BCUT2D eigenvalue weighted by atomic mass is 16.5. The standard InChI is InChI=1S/C16H14O2/c17-13-10-9-12-5-4-8-16(15(12)11-13)18-14-6-2-1-3-7-14/h1-8H,9-11H2. The third-order valence-corrected chi connectivity index (χ3v) is 3.25. The molecule has 0 saturated heterocycles. The summed E-state index contributed by atoms with van der Waals surface area (Å²) in [5.74, 6) is 1.92. The predicted molar refractivity (Wildman–Crippen MR) is 70.0 cm³/mol. The lowest BCUT2D eigenvalue weighted by Gasteiger charge is -2.18. The van der Waals surface area contributed by atoms with E-state index in [2.05, 4.69) is 6.07 Å². The summed E-state index contributed by atoms with van der Waals surface area (Å²) >= 11 is 0. The first-order valence-corrected chi connectivity index (χ1v) is 6.18. The zero-order valence-corrected chi connectivity index (χ0v) is 10.1. The van der Waals surface area contributed by atoms with E-state index in [0.717, 1.165) is 23.5 Å². The van der Waals surface area contributed by atoms with Gasteiger partial charge in [0.2, 0.25) is 0 Å². The lowest BCUT2D eigenvalue weighted by molar-refractivity contribution is -0.118. The molecule has 0 atom stereocenters. The monoisotopic (exact) mass is 238 g/mol. The van der Waals surface area contributed by atoms with Gasteiger partial charge in [0.25, 0.3) is 0 Å². The molecule has 1 aliphatic carbocycles. The van der Waals surface area contributed by atoms with Gasteiger partial charge in [-0.05, 0) is 30.2 Å². The van der Waals surface area contributed by atoms with Crippen molar-refractivity contribution in [1.82, 2.24) is 0 Å². The van der Waals surface area contributed by atoms with Crippen molar-refractivity contribution in [3.05, 3.63) is 59.7 Å². The van der Waals surface area contributed by atoms with Crippen molar-refractivity contribution in [2.45, 2.75) is 19.3 Å². The van der Waals surface area contributed by atoms with Crippen LogP contribution in [0.3, 0.4) is 0 Å². The Balaban J connectivity index is 1.95. The van der Waals surface area contributed by atoms with Gasteiger partial charge >= 0.3 is 0 Å². The normalized spacial score (nSPS) is 14.1. The summed E-state index contributed by atoms with van der Waals surface area (Å²) in [6.07, 6.45) is 1.99. The van der Waals surface area contributed by atoms with Crippen LogP contribution in [0.25, 0.3) is 0 Å². The number of fused-ring (bicyclic) bond motifs is 1. The smallest absolute Gasteiger partial charge is 0.137 e. The van der Waals surface area contributed by atoms with Crippen molar-refractivity contribution in [2.24, 2.45) is 0 Å². The third kappa shape index (κ3) is 2.14. The van der Waals surface area contributed by atoms with E-state index in [-0.39, 0.29) is 0 Å². The highest BCUT2D eigenvalue weighted by Gasteiger charge is 2.19. The van der Waals surface area contributed by atoms with E-state index in [1.807, 2.05) is 42.5 Å². The van der Waals surface area contributed by atoms with Gasteiger partial charge in [0.15, 0.2) is 0 Å². The fourth-order valence-electron chi connectivity index (χ4n) is 2.32. The second kappa shape index (κ2) is 4.65. The van der Waals surface area contributed by atoms with Gasteiger partial charge in [-0.25, -0.2) is 0 Å². The molecule has 0 amide bonds. The molecule has 0 N–H and O–H groups in total. The van der Waals surface area contributed by atoms with Crippen LogP contribution >= 0.6 is 0 Å². The molecular weight excluding hydrogens is 224 g/mol. The van der Waals surface area contributed by atoms with Crippen LogP contribution in [0.1, 0.15) is 17.5 Å². The van der Waals surface area contributed by atoms with E-state index in [0.29, 0.717) is 18.6 Å². The van der Waals surface area contributed by atoms with E-state index in [1.165, 1.54) is 5.56 Å². The van der Waals surface area contributed by atoms with Gasteiger partial charge in [-0.2, -0.15) is 0 Å². The summed E-state index contributed by atoms with van der Waals surface area (Å²) in [6, 6.07) is 15.7. The molecule has 18 heavy (non-hydrogen) atoms. The summed E-state index contributed by atoms with van der Waals surface area (Å²) < 4.78 is 5.87. The van der Waals surface area contributed by atoms with E-state index < -0.39 is 0 Å². The highest BCUT2D eigenvalue weighted by molar-refractivity contribution is 5.84. The Morgan fingerprint density at radius 1 is 0.889 bits per heavy atom. The molecule has 0 fully saturated rings. The van der Waals surface area contributed by atoms with Crippen LogP contribution in [0.4, 0.5) is 0 Å². The molecule has 2 heteroatoms. The minimum atomic E-state index is 0.298. The molecule has 1 aliphatic rings. The first-order valence-electron chi connectivity index (χ1n) is 6.18. The molecule has 0 aromatic heterocycles. The second-order valence-electron chi connectivity index (χ2n) is 4.52. The Hall–Kier alpha value is -2.09. The SMILES string of the molecule is O=C1CCc2cccc(Oc3ccccc3)c2C1. The molecule has 0 bridgehead atoms. The second-order valence-corrected chi connectivity index (χ2v) is 4.52. The number of rotatable bonds is 2. The van der Waals surface area contributed by atoms with E-state index in [9.17, 15) is 4.79 Å². The van der Waals surface area contributed by atoms with Gasteiger partial charge < -0.3 is 4.74 Å². The number of ether oxygens (including phenoxy) is 1. The highest BCUT2D eigenvalue weighted by Crippen LogP contribution is 2.31. The van der Waals surface area contributed by atoms with E-state index in [4.69, 9.17) is 4.74 Å². The molecule has 0 heterocycles. The molecule has 0 saturated carbocycles. The average Bonchev–Trinajstić information content (AvgIpc) is 2.41. The van der Waals surface area contributed by atoms with Crippen molar-refractivity contribution in [2.75, 3.05) is 0 Å². The van der Waals surface area contributed by atoms with Crippen molar-refractivity contribution in [1.29, 1.82) is 0 Å². The van der Waals surface area contributed by atoms with Gasteiger partial charge in [0, 0.05) is 18.4 Å². The minimum Gasteiger partial charge on any atom is -0.457 e. The van der Waals surface area contributed by atoms with Crippen molar-refractivity contribution < 1.29 is 9.53 Å². The Morgan fingerprint density at radius 3 is 2.56 bits per heavy atom. The maximum absolute atomic E-state index is 11.6. The van der Waals surface area contributed by atoms with Crippen LogP contribution in [0.5, 0.6) is 11.5 Å². The number of benzene rings is 2. The Bertz CT molecular complexity index is 573. The van der Waals surface area contributed by atoms with E-state index >= 15 is 0 Å². The molecular formula is C16H14O2. The summed E-state index contributed by atoms with van der Waals surface area (Å²) in [4.78, 5) is 11.6. The molecule has 90 valence electrons. The molecule has 2 aromatic rings. The Kier molecular flexibility index (Phi) is 2.85. The van der Waals surface area contributed by atoms with Crippen LogP contribution < -0.4 is 4.74 Å². The topological polar surface area (TPSA) is 26.3 Å². The van der Waals surface area contributed by atoms with Crippen LogP contribution in [0, 0.1) is 0 Å². The third-order valence-electron chi connectivity index (χ3n) is 3.25. The zero-order valence-electron chi connectivity index (χ0n) is 10.1. The maximum atomic E-state index is 11.6. The number of para-hydroxylation sites is 1. The van der Waals surface area contributed by atoms with Gasteiger partial charge in [-0.1, -0.05) is 30.3 Å². The summed E-state index contributed by atoms with van der Waals surface area (Å²) in [6.45, 7) is 0. The largest absolute Gasteiger partial charge is 0.457 e. The number of Topliss-reactive ketones (excluding diaryl/α,β-unsaturated/α-hetero) is 1. The number of ketones is 1. The van der Waals surface area contributed by atoms with Crippen LogP contribution in [-0.4, -0.2) is 5.78 Å². The molecule has 2 aromatic carbocycles. The maximum Gasteiger partial charge on any atom is 0.137 e.